The summed E-state index contributed by atoms with van der Waals surface area (Å²) in [6, 6.07) is 24.4. The fraction of sp³-hybridized carbons (Fsp3) is 0.0952. The summed E-state index contributed by atoms with van der Waals surface area (Å²) in [7, 11) is 0. The number of rotatable bonds is 7. The third-order valence-electron chi connectivity index (χ3n) is 4.05. The number of carbonyl (C=O) groups excluding carboxylic acids is 1. The zero-order valence-corrected chi connectivity index (χ0v) is 14.5. The second-order valence-corrected chi connectivity index (χ2v) is 6.03. The van der Waals surface area contributed by atoms with Crippen LogP contribution in [-0.4, -0.2) is 10.8 Å². The summed E-state index contributed by atoms with van der Waals surface area (Å²) in [4.78, 5) is 23.1. The molecule has 136 valence electrons. The molecule has 3 aromatic carbocycles. The van der Waals surface area contributed by atoms with Crippen LogP contribution in [0.4, 0.5) is 17.1 Å². The molecule has 0 aliphatic carbocycles. The molecule has 0 saturated carbocycles. The maximum atomic E-state index is 12.2. The summed E-state index contributed by atoms with van der Waals surface area (Å²) < 4.78 is 0. The number of nitrogens with one attached hydrogen (secondary N) is 2. The van der Waals surface area contributed by atoms with E-state index in [2.05, 4.69) is 10.6 Å². The smallest absolute Gasteiger partial charge is 0.246 e. The second kappa shape index (κ2) is 8.62. The molecule has 0 saturated heterocycles. The fourth-order valence-electron chi connectivity index (χ4n) is 2.70. The van der Waals surface area contributed by atoms with Crippen molar-refractivity contribution < 1.29 is 9.72 Å². The van der Waals surface area contributed by atoms with Gasteiger partial charge in [-0.25, -0.2) is 0 Å². The highest BCUT2D eigenvalue weighted by molar-refractivity contribution is 5.91. The maximum absolute atomic E-state index is 12.2. The topological polar surface area (TPSA) is 84.3 Å². The Bertz CT molecular complexity index is 897. The molecule has 6 nitrogen and oxygen atoms in total. The Morgan fingerprint density at radius 1 is 0.815 bits per heavy atom. The highest BCUT2D eigenvalue weighted by Gasteiger charge is 2.26. The van der Waals surface area contributed by atoms with E-state index in [0.717, 1.165) is 11.4 Å². The van der Waals surface area contributed by atoms with E-state index < -0.39 is 16.9 Å². The predicted molar refractivity (Wildman–Crippen MR) is 106 cm³/mol. The van der Waals surface area contributed by atoms with Gasteiger partial charge < -0.3 is 10.6 Å². The minimum absolute atomic E-state index is 0.221. The summed E-state index contributed by atoms with van der Waals surface area (Å²) in [5.41, 5.74) is 2.95. The largest absolute Gasteiger partial charge is 0.356 e. The van der Waals surface area contributed by atoms with Gasteiger partial charge in [-0.1, -0.05) is 48.5 Å². The van der Waals surface area contributed by atoms with E-state index in [1.54, 1.807) is 42.5 Å². The second-order valence-electron chi connectivity index (χ2n) is 6.03. The van der Waals surface area contributed by atoms with Gasteiger partial charge in [0.2, 0.25) is 11.9 Å². The standard InChI is InChI=1S/C21H19N3O3/c25-21(15-20(24(26)27)16-7-3-1-4-8-16)23-19-13-11-18(12-14-19)22-17-9-5-2-6-10-17/h1-14,20,22H,15H2,(H,23,25). The number of carbonyl (C=O) groups is 1. The lowest BCUT2D eigenvalue weighted by molar-refractivity contribution is -0.527. The number of hydrogen-bond acceptors (Lipinski definition) is 4. The van der Waals surface area contributed by atoms with Gasteiger partial charge in [0.15, 0.2) is 0 Å². The molecule has 3 rings (SSSR count). The average molecular weight is 361 g/mol. The molecule has 6 heteroatoms. The first-order valence-electron chi connectivity index (χ1n) is 8.52. The average Bonchev–Trinajstić information content (AvgIpc) is 2.69. The van der Waals surface area contributed by atoms with Crippen LogP contribution in [-0.2, 0) is 4.79 Å². The van der Waals surface area contributed by atoms with Crippen LogP contribution in [0.3, 0.4) is 0 Å². The normalized spacial score (nSPS) is 11.4. The summed E-state index contributed by atoms with van der Waals surface area (Å²) >= 11 is 0. The highest BCUT2D eigenvalue weighted by atomic mass is 16.6. The molecule has 0 aliphatic rings. The summed E-state index contributed by atoms with van der Waals surface area (Å²) in [6.07, 6.45) is -0.221. The lowest BCUT2D eigenvalue weighted by atomic mass is 10.0. The zero-order valence-electron chi connectivity index (χ0n) is 14.5. The van der Waals surface area contributed by atoms with E-state index in [-0.39, 0.29) is 6.42 Å². The zero-order chi connectivity index (χ0) is 19.1. The molecule has 0 bridgehead atoms. The van der Waals surface area contributed by atoms with Crippen molar-refractivity contribution >= 4 is 23.0 Å². The Morgan fingerprint density at radius 3 is 1.93 bits per heavy atom. The SMILES string of the molecule is O=C(CC(c1ccccc1)[N+](=O)[O-])Nc1ccc(Nc2ccccc2)cc1. The number of hydrogen-bond donors (Lipinski definition) is 2. The van der Waals surface area contributed by atoms with Gasteiger partial charge in [0.05, 0.1) is 6.42 Å². The Kier molecular flexibility index (Phi) is 5.79. The van der Waals surface area contributed by atoms with Gasteiger partial charge in [-0.3, -0.25) is 14.9 Å². The van der Waals surface area contributed by atoms with E-state index in [4.69, 9.17) is 0 Å². The Morgan fingerprint density at radius 2 is 1.33 bits per heavy atom. The Hall–Kier alpha value is -3.67. The molecule has 0 heterocycles. The van der Waals surface area contributed by atoms with E-state index in [1.807, 2.05) is 42.5 Å². The first kappa shape index (κ1) is 18.1. The van der Waals surface area contributed by atoms with Crippen LogP contribution in [0.25, 0.3) is 0 Å². The van der Waals surface area contributed by atoms with E-state index in [1.165, 1.54) is 0 Å². The van der Waals surface area contributed by atoms with Crippen molar-refractivity contribution in [2.75, 3.05) is 10.6 Å². The van der Waals surface area contributed by atoms with Crippen molar-refractivity contribution in [2.45, 2.75) is 12.5 Å². The third kappa shape index (κ3) is 5.15. The van der Waals surface area contributed by atoms with Gasteiger partial charge in [-0.05, 0) is 36.4 Å². The molecular formula is C21H19N3O3. The fourth-order valence-corrected chi connectivity index (χ4v) is 2.70. The van der Waals surface area contributed by atoms with E-state index >= 15 is 0 Å². The molecule has 1 unspecified atom stereocenters. The molecular weight excluding hydrogens is 342 g/mol. The van der Waals surface area contributed by atoms with Gasteiger partial charge in [-0.15, -0.1) is 0 Å². The molecule has 1 atom stereocenters. The lowest BCUT2D eigenvalue weighted by Gasteiger charge is -2.11. The van der Waals surface area contributed by atoms with Crippen molar-refractivity contribution in [1.29, 1.82) is 0 Å². The number of para-hydroxylation sites is 1. The lowest BCUT2D eigenvalue weighted by Crippen LogP contribution is -2.20. The number of anilines is 3. The van der Waals surface area contributed by atoms with Crippen LogP contribution in [0.2, 0.25) is 0 Å². The molecule has 0 fully saturated rings. The van der Waals surface area contributed by atoms with Crippen LogP contribution in [0.15, 0.2) is 84.9 Å². The minimum Gasteiger partial charge on any atom is -0.356 e. The minimum atomic E-state index is -1.06. The van der Waals surface area contributed by atoms with Gasteiger partial charge in [0.1, 0.15) is 0 Å². The summed E-state index contributed by atoms with van der Waals surface area (Å²) in [5.74, 6) is -0.399. The predicted octanol–water partition coefficient (Wildman–Crippen LogP) is 4.78. The van der Waals surface area contributed by atoms with Crippen LogP contribution < -0.4 is 10.6 Å². The molecule has 0 spiro atoms. The monoisotopic (exact) mass is 361 g/mol. The van der Waals surface area contributed by atoms with E-state index in [9.17, 15) is 14.9 Å². The van der Waals surface area contributed by atoms with Crippen LogP contribution in [0.5, 0.6) is 0 Å². The molecule has 0 radical (unpaired) electrons. The Labute approximate surface area is 157 Å². The van der Waals surface area contributed by atoms with Crippen molar-refractivity contribution in [1.82, 2.24) is 0 Å². The summed E-state index contributed by atoms with van der Waals surface area (Å²) in [5, 5.41) is 17.3. The molecule has 0 aliphatic heterocycles. The van der Waals surface area contributed by atoms with E-state index in [0.29, 0.717) is 11.3 Å². The van der Waals surface area contributed by atoms with Crippen LogP contribution in [0.1, 0.15) is 18.0 Å². The van der Waals surface area contributed by atoms with Crippen molar-refractivity contribution in [3.8, 4) is 0 Å². The molecule has 27 heavy (non-hydrogen) atoms. The number of nitro groups is 1. The van der Waals surface area contributed by atoms with Crippen LogP contribution >= 0.6 is 0 Å². The summed E-state index contributed by atoms with van der Waals surface area (Å²) in [6.45, 7) is 0. The van der Waals surface area contributed by atoms with Crippen molar-refractivity contribution in [2.24, 2.45) is 0 Å². The number of amides is 1. The number of nitrogens with zero attached hydrogens (tertiary/aromatic N) is 1. The molecule has 3 aromatic rings. The molecule has 0 aromatic heterocycles. The van der Waals surface area contributed by atoms with Crippen molar-refractivity contribution in [3.63, 3.8) is 0 Å². The van der Waals surface area contributed by atoms with Crippen molar-refractivity contribution in [3.05, 3.63) is 101 Å². The van der Waals surface area contributed by atoms with Gasteiger partial charge in [-0.2, -0.15) is 0 Å². The van der Waals surface area contributed by atoms with Crippen LogP contribution in [0, 0.1) is 10.1 Å². The van der Waals surface area contributed by atoms with Gasteiger partial charge in [0, 0.05) is 27.5 Å². The number of benzene rings is 3. The maximum Gasteiger partial charge on any atom is 0.246 e. The van der Waals surface area contributed by atoms with Gasteiger partial charge >= 0.3 is 0 Å². The highest BCUT2D eigenvalue weighted by Crippen LogP contribution is 2.22. The molecule has 2 N–H and O–H groups in total. The quantitative estimate of drug-likeness (QED) is 0.469. The first-order chi connectivity index (χ1) is 13.1. The molecule has 1 amide bonds. The van der Waals surface area contributed by atoms with Gasteiger partial charge in [0.25, 0.3) is 0 Å². The third-order valence-corrected chi connectivity index (χ3v) is 4.05. The first-order valence-corrected chi connectivity index (χ1v) is 8.52. The Balaban J connectivity index is 1.61.